The first-order valence-corrected chi connectivity index (χ1v) is 5.90. The molecular formula is C12H19N3O. The van der Waals surface area contributed by atoms with Gasteiger partial charge in [0.2, 0.25) is 0 Å². The lowest BCUT2D eigenvalue weighted by atomic mass is 9.94. The van der Waals surface area contributed by atoms with Crippen LogP contribution in [0.3, 0.4) is 0 Å². The van der Waals surface area contributed by atoms with E-state index in [2.05, 4.69) is 9.97 Å². The van der Waals surface area contributed by atoms with Crippen molar-refractivity contribution in [3.8, 4) is 0 Å². The number of hydrogen-bond acceptors (Lipinski definition) is 4. The first-order valence-electron chi connectivity index (χ1n) is 5.90. The Morgan fingerprint density at radius 2 is 2.00 bits per heavy atom. The predicted octanol–water partition coefficient (Wildman–Crippen LogP) is 1.26. The van der Waals surface area contributed by atoms with Gasteiger partial charge in [-0.15, -0.1) is 0 Å². The molecule has 4 nitrogen and oxygen atoms in total. The van der Waals surface area contributed by atoms with Gasteiger partial charge in [0, 0.05) is 38.1 Å². The van der Waals surface area contributed by atoms with Gasteiger partial charge in [0.25, 0.3) is 0 Å². The molecule has 1 saturated heterocycles. The Morgan fingerprint density at radius 3 is 2.56 bits per heavy atom. The highest BCUT2D eigenvalue weighted by Crippen LogP contribution is 2.25. The van der Waals surface area contributed by atoms with Crippen molar-refractivity contribution in [1.82, 2.24) is 9.97 Å². The van der Waals surface area contributed by atoms with Crippen molar-refractivity contribution in [2.24, 2.45) is 5.73 Å². The standard InChI is InChI=1S/C12H19N3O/c1-9(13)6-12-14-7-11(8-15-12)10-2-4-16-5-3-10/h7-10H,2-6,13H2,1H3. The minimum Gasteiger partial charge on any atom is -0.381 e. The molecule has 1 aliphatic heterocycles. The monoisotopic (exact) mass is 221 g/mol. The predicted molar refractivity (Wildman–Crippen MR) is 62.2 cm³/mol. The van der Waals surface area contributed by atoms with Crippen molar-refractivity contribution in [2.45, 2.75) is 38.1 Å². The summed E-state index contributed by atoms with van der Waals surface area (Å²) < 4.78 is 5.34. The molecule has 0 aliphatic carbocycles. The van der Waals surface area contributed by atoms with Crippen LogP contribution in [0.5, 0.6) is 0 Å². The van der Waals surface area contributed by atoms with Crippen LogP contribution in [0, 0.1) is 0 Å². The van der Waals surface area contributed by atoms with Crippen molar-refractivity contribution >= 4 is 0 Å². The fourth-order valence-corrected chi connectivity index (χ4v) is 2.00. The molecule has 2 N–H and O–H groups in total. The molecule has 0 amide bonds. The van der Waals surface area contributed by atoms with E-state index in [9.17, 15) is 0 Å². The number of nitrogens with zero attached hydrogens (tertiary/aromatic N) is 2. The number of rotatable bonds is 3. The average molecular weight is 221 g/mol. The smallest absolute Gasteiger partial charge is 0.129 e. The van der Waals surface area contributed by atoms with Gasteiger partial charge in [-0.25, -0.2) is 9.97 Å². The molecule has 0 aromatic carbocycles. The van der Waals surface area contributed by atoms with E-state index in [1.807, 2.05) is 19.3 Å². The summed E-state index contributed by atoms with van der Waals surface area (Å²) in [5.74, 6) is 1.41. The summed E-state index contributed by atoms with van der Waals surface area (Å²) in [5.41, 5.74) is 6.94. The first-order chi connectivity index (χ1) is 7.75. The fourth-order valence-electron chi connectivity index (χ4n) is 2.00. The van der Waals surface area contributed by atoms with E-state index in [-0.39, 0.29) is 6.04 Å². The minimum absolute atomic E-state index is 0.119. The van der Waals surface area contributed by atoms with Gasteiger partial charge < -0.3 is 10.5 Å². The minimum atomic E-state index is 0.119. The van der Waals surface area contributed by atoms with Crippen molar-refractivity contribution in [2.75, 3.05) is 13.2 Å². The molecule has 4 heteroatoms. The van der Waals surface area contributed by atoms with Gasteiger partial charge in [-0.2, -0.15) is 0 Å². The lowest BCUT2D eigenvalue weighted by Gasteiger charge is -2.21. The normalized spacial score (nSPS) is 19.6. The van der Waals surface area contributed by atoms with Crippen molar-refractivity contribution < 1.29 is 4.74 Å². The lowest BCUT2D eigenvalue weighted by Crippen LogP contribution is -2.20. The molecule has 2 heterocycles. The Bertz CT molecular complexity index is 318. The van der Waals surface area contributed by atoms with E-state index in [1.54, 1.807) is 0 Å². The van der Waals surface area contributed by atoms with Gasteiger partial charge in [-0.1, -0.05) is 0 Å². The second-order valence-electron chi connectivity index (χ2n) is 4.50. The molecular weight excluding hydrogens is 202 g/mol. The van der Waals surface area contributed by atoms with Gasteiger partial charge in [0.05, 0.1) is 0 Å². The van der Waals surface area contributed by atoms with E-state index >= 15 is 0 Å². The Morgan fingerprint density at radius 1 is 1.38 bits per heavy atom. The molecule has 1 atom stereocenters. The van der Waals surface area contributed by atoms with Crippen LogP contribution in [0.2, 0.25) is 0 Å². The maximum atomic E-state index is 5.71. The van der Waals surface area contributed by atoms with Gasteiger partial charge in [-0.05, 0) is 31.2 Å². The summed E-state index contributed by atoms with van der Waals surface area (Å²) in [5, 5.41) is 0. The molecule has 0 saturated carbocycles. The molecule has 1 unspecified atom stereocenters. The second-order valence-corrected chi connectivity index (χ2v) is 4.50. The fraction of sp³-hybridized carbons (Fsp3) is 0.667. The first kappa shape index (κ1) is 11.5. The molecule has 1 aromatic heterocycles. The Kier molecular flexibility index (Phi) is 3.85. The van der Waals surface area contributed by atoms with Crippen LogP contribution < -0.4 is 5.73 Å². The van der Waals surface area contributed by atoms with Crippen LogP contribution in [-0.4, -0.2) is 29.2 Å². The highest BCUT2D eigenvalue weighted by atomic mass is 16.5. The largest absolute Gasteiger partial charge is 0.381 e. The third-order valence-electron chi connectivity index (χ3n) is 2.92. The van der Waals surface area contributed by atoms with E-state index in [1.165, 1.54) is 5.56 Å². The summed E-state index contributed by atoms with van der Waals surface area (Å²) >= 11 is 0. The van der Waals surface area contributed by atoms with Gasteiger partial charge >= 0.3 is 0 Å². The van der Waals surface area contributed by atoms with Crippen LogP contribution in [-0.2, 0) is 11.2 Å². The van der Waals surface area contributed by atoms with Crippen molar-refractivity contribution in [3.05, 3.63) is 23.8 Å². The van der Waals surface area contributed by atoms with E-state index in [0.717, 1.165) is 38.3 Å². The number of aromatic nitrogens is 2. The summed E-state index contributed by atoms with van der Waals surface area (Å²) in [6.45, 7) is 3.67. The van der Waals surface area contributed by atoms with Crippen LogP contribution in [0.1, 0.15) is 37.1 Å². The van der Waals surface area contributed by atoms with E-state index in [4.69, 9.17) is 10.5 Å². The SMILES string of the molecule is CC(N)Cc1ncc(C2CCOCC2)cn1. The van der Waals surface area contributed by atoms with E-state index in [0.29, 0.717) is 5.92 Å². The number of ether oxygens (including phenoxy) is 1. The molecule has 16 heavy (non-hydrogen) atoms. The Labute approximate surface area is 96.2 Å². The maximum Gasteiger partial charge on any atom is 0.129 e. The molecule has 2 rings (SSSR count). The molecule has 0 spiro atoms. The van der Waals surface area contributed by atoms with Crippen LogP contribution in [0.25, 0.3) is 0 Å². The zero-order valence-electron chi connectivity index (χ0n) is 9.72. The Balaban J connectivity index is 2.00. The highest BCUT2D eigenvalue weighted by molar-refractivity contribution is 5.12. The lowest BCUT2D eigenvalue weighted by molar-refractivity contribution is 0.0852. The van der Waals surface area contributed by atoms with Crippen molar-refractivity contribution in [3.63, 3.8) is 0 Å². The molecule has 0 radical (unpaired) electrons. The van der Waals surface area contributed by atoms with Gasteiger partial charge in [0.1, 0.15) is 5.82 Å². The highest BCUT2D eigenvalue weighted by Gasteiger charge is 2.16. The zero-order chi connectivity index (χ0) is 11.4. The van der Waals surface area contributed by atoms with Gasteiger partial charge in [0.15, 0.2) is 0 Å². The molecule has 88 valence electrons. The molecule has 1 fully saturated rings. The van der Waals surface area contributed by atoms with Gasteiger partial charge in [-0.3, -0.25) is 0 Å². The number of nitrogens with two attached hydrogens (primary N) is 1. The average Bonchev–Trinajstić information content (AvgIpc) is 2.30. The number of hydrogen-bond donors (Lipinski definition) is 1. The zero-order valence-corrected chi connectivity index (χ0v) is 9.72. The molecule has 0 bridgehead atoms. The summed E-state index contributed by atoms with van der Waals surface area (Å²) in [6.07, 6.45) is 6.79. The summed E-state index contributed by atoms with van der Waals surface area (Å²) in [7, 11) is 0. The third-order valence-corrected chi connectivity index (χ3v) is 2.92. The van der Waals surface area contributed by atoms with Crippen molar-refractivity contribution in [1.29, 1.82) is 0 Å². The second kappa shape index (κ2) is 5.37. The molecule has 1 aliphatic rings. The maximum absolute atomic E-state index is 5.71. The topological polar surface area (TPSA) is 61.0 Å². The van der Waals surface area contributed by atoms with Crippen LogP contribution >= 0.6 is 0 Å². The summed E-state index contributed by atoms with van der Waals surface area (Å²) in [6, 6.07) is 0.119. The van der Waals surface area contributed by atoms with Crippen LogP contribution in [0.4, 0.5) is 0 Å². The quantitative estimate of drug-likeness (QED) is 0.834. The van der Waals surface area contributed by atoms with Crippen LogP contribution in [0.15, 0.2) is 12.4 Å². The van der Waals surface area contributed by atoms with E-state index < -0.39 is 0 Å². The molecule has 1 aromatic rings. The summed E-state index contributed by atoms with van der Waals surface area (Å²) in [4.78, 5) is 8.72. The third kappa shape index (κ3) is 3.00. The Hall–Kier alpha value is -1.00.